The maximum Gasteiger partial charge on any atom is 0.446 e. The molecule has 0 fully saturated rings. The van der Waals surface area contributed by atoms with Crippen molar-refractivity contribution in [2.75, 3.05) is 23.5 Å². The predicted octanol–water partition coefficient (Wildman–Crippen LogP) is 6.11. The van der Waals surface area contributed by atoms with Crippen LogP contribution in [0.15, 0.2) is 89.8 Å². The Morgan fingerprint density at radius 2 is 1.79 bits per heavy atom. The van der Waals surface area contributed by atoms with Gasteiger partial charge in [-0.2, -0.15) is 13.2 Å². The van der Waals surface area contributed by atoms with Gasteiger partial charge in [0.05, 0.1) is 12.2 Å². The monoisotopic (exact) mass is 484 g/mol. The number of hydrogen-bond acceptors (Lipinski definition) is 5. The molecule has 2 heterocycles. The van der Waals surface area contributed by atoms with Crippen molar-refractivity contribution in [2.45, 2.75) is 23.9 Å². The average molecular weight is 485 g/mol. The molecule has 9 heteroatoms. The van der Waals surface area contributed by atoms with Crippen LogP contribution in [0.4, 0.5) is 24.5 Å². The molecule has 0 aliphatic carbocycles. The van der Waals surface area contributed by atoms with Crippen LogP contribution in [0.5, 0.6) is 0 Å². The van der Waals surface area contributed by atoms with E-state index >= 15 is 0 Å². The number of anilines is 2. The molecule has 0 N–H and O–H groups in total. The second kappa shape index (κ2) is 9.80. The summed E-state index contributed by atoms with van der Waals surface area (Å²) in [4.78, 5) is 23.2. The number of alkyl halides is 3. The number of pyridine rings is 1. The SMILES string of the molecule is CC1=CN(c2ccc(SC(F)(F)F)cc2)CN1Cc1ccncc1C(=O)N(C)c1ccccc1. The number of rotatable bonds is 6. The van der Waals surface area contributed by atoms with E-state index in [1.54, 1.807) is 36.5 Å². The van der Waals surface area contributed by atoms with Crippen molar-refractivity contribution in [3.05, 3.63) is 96.1 Å². The standard InChI is InChI=1S/C25H23F3N4OS/c1-18-15-32(21-8-10-22(11-9-21)34-25(26,27)28)17-31(18)16-19-12-13-29-14-23(19)24(33)30(2)20-6-4-3-5-7-20/h3-15H,16-17H2,1-2H3. The lowest BCUT2D eigenvalue weighted by Crippen LogP contribution is -2.30. The summed E-state index contributed by atoms with van der Waals surface area (Å²) in [7, 11) is 1.73. The molecule has 0 bridgehead atoms. The Hall–Kier alpha value is -3.46. The summed E-state index contributed by atoms with van der Waals surface area (Å²) in [6.45, 7) is 2.97. The maximum atomic E-state index is 13.2. The molecular formula is C25H23F3N4OS. The minimum absolute atomic E-state index is 0.126. The van der Waals surface area contributed by atoms with Gasteiger partial charge in [0.25, 0.3) is 5.91 Å². The third-order valence-electron chi connectivity index (χ3n) is 5.52. The fourth-order valence-corrected chi connectivity index (χ4v) is 4.26. The summed E-state index contributed by atoms with van der Waals surface area (Å²) in [6.07, 6.45) is 5.20. The van der Waals surface area contributed by atoms with E-state index in [0.29, 0.717) is 18.8 Å². The first kappa shape index (κ1) is 23.7. The minimum atomic E-state index is -4.31. The number of amides is 1. The zero-order valence-corrected chi connectivity index (χ0v) is 19.5. The highest BCUT2D eigenvalue weighted by molar-refractivity contribution is 8.00. The average Bonchev–Trinajstić information content (AvgIpc) is 3.18. The third kappa shape index (κ3) is 5.53. The lowest BCUT2D eigenvalue weighted by molar-refractivity contribution is -0.0328. The minimum Gasteiger partial charge on any atom is -0.351 e. The Morgan fingerprint density at radius 3 is 2.47 bits per heavy atom. The summed E-state index contributed by atoms with van der Waals surface area (Å²) >= 11 is -0.126. The molecule has 0 saturated carbocycles. The highest BCUT2D eigenvalue weighted by atomic mass is 32.2. The van der Waals surface area contributed by atoms with Crippen LogP contribution in [-0.4, -0.2) is 35.0 Å². The smallest absolute Gasteiger partial charge is 0.351 e. The van der Waals surface area contributed by atoms with Crippen LogP contribution < -0.4 is 9.80 Å². The van der Waals surface area contributed by atoms with Crippen molar-refractivity contribution in [3.63, 3.8) is 0 Å². The number of nitrogens with zero attached hydrogens (tertiary/aromatic N) is 4. The number of para-hydroxylation sites is 1. The second-order valence-electron chi connectivity index (χ2n) is 7.85. The fourth-order valence-electron chi connectivity index (χ4n) is 3.72. The lowest BCUT2D eigenvalue weighted by atomic mass is 10.1. The van der Waals surface area contributed by atoms with Crippen molar-refractivity contribution in [1.82, 2.24) is 9.88 Å². The first-order chi connectivity index (χ1) is 16.2. The van der Waals surface area contributed by atoms with E-state index in [1.807, 2.05) is 54.4 Å². The molecule has 1 aromatic heterocycles. The normalized spacial score (nSPS) is 13.7. The topological polar surface area (TPSA) is 39.7 Å². The number of allylic oxidation sites excluding steroid dienone is 1. The van der Waals surface area contributed by atoms with Gasteiger partial charge in [-0.15, -0.1) is 0 Å². The van der Waals surface area contributed by atoms with E-state index in [9.17, 15) is 18.0 Å². The second-order valence-corrected chi connectivity index (χ2v) is 8.99. The van der Waals surface area contributed by atoms with E-state index in [4.69, 9.17) is 0 Å². The van der Waals surface area contributed by atoms with Crippen LogP contribution in [0.1, 0.15) is 22.8 Å². The summed E-state index contributed by atoms with van der Waals surface area (Å²) in [5, 5.41) is 0. The molecule has 0 spiro atoms. The molecule has 1 aliphatic rings. The first-order valence-electron chi connectivity index (χ1n) is 10.5. The number of carbonyl (C=O) groups is 1. The van der Waals surface area contributed by atoms with Gasteiger partial charge in [-0.25, -0.2) is 0 Å². The zero-order chi connectivity index (χ0) is 24.3. The maximum absolute atomic E-state index is 13.2. The molecule has 176 valence electrons. The van der Waals surface area contributed by atoms with Gasteiger partial charge in [0.15, 0.2) is 0 Å². The van der Waals surface area contributed by atoms with Crippen molar-refractivity contribution in [2.24, 2.45) is 0 Å². The summed E-state index contributed by atoms with van der Waals surface area (Å²) in [6, 6.07) is 17.5. The van der Waals surface area contributed by atoms with Crippen molar-refractivity contribution in [3.8, 4) is 0 Å². The van der Waals surface area contributed by atoms with Crippen molar-refractivity contribution in [1.29, 1.82) is 0 Å². The van der Waals surface area contributed by atoms with Gasteiger partial charge in [0, 0.05) is 54.2 Å². The van der Waals surface area contributed by atoms with E-state index in [0.717, 1.165) is 22.6 Å². The van der Waals surface area contributed by atoms with Crippen LogP contribution in [0.2, 0.25) is 0 Å². The quantitative estimate of drug-likeness (QED) is 0.395. The van der Waals surface area contributed by atoms with Gasteiger partial charge in [0.2, 0.25) is 0 Å². The number of aromatic nitrogens is 1. The molecule has 3 aromatic rings. The van der Waals surface area contributed by atoms with Crippen molar-refractivity contribution >= 4 is 29.0 Å². The molecular weight excluding hydrogens is 461 g/mol. The zero-order valence-electron chi connectivity index (χ0n) is 18.7. The summed E-state index contributed by atoms with van der Waals surface area (Å²) in [5.41, 5.74) is -0.374. The number of thioether (sulfide) groups is 1. The van der Waals surface area contributed by atoms with E-state index in [2.05, 4.69) is 9.88 Å². The first-order valence-corrected chi connectivity index (χ1v) is 11.3. The molecule has 34 heavy (non-hydrogen) atoms. The van der Waals surface area contributed by atoms with Crippen LogP contribution in [0.25, 0.3) is 0 Å². The van der Waals surface area contributed by atoms with Crippen LogP contribution in [0, 0.1) is 0 Å². The van der Waals surface area contributed by atoms with E-state index in [-0.39, 0.29) is 22.6 Å². The number of benzene rings is 2. The number of carbonyl (C=O) groups excluding carboxylic acids is 1. The molecule has 0 saturated heterocycles. The fraction of sp³-hybridized carbons (Fsp3) is 0.200. The van der Waals surface area contributed by atoms with Gasteiger partial charge < -0.3 is 14.7 Å². The van der Waals surface area contributed by atoms with Gasteiger partial charge in [-0.3, -0.25) is 9.78 Å². The lowest BCUT2D eigenvalue weighted by Gasteiger charge is -2.25. The molecule has 0 unspecified atom stereocenters. The third-order valence-corrected chi connectivity index (χ3v) is 6.26. The Labute approximate surface area is 200 Å². The molecule has 0 radical (unpaired) electrons. The Morgan fingerprint density at radius 1 is 1.09 bits per heavy atom. The van der Waals surface area contributed by atoms with Gasteiger partial charge in [-0.05, 0) is 66.7 Å². The summed E-state index contributed by atoms with van der Waals surface area (Å²) in [5.74, 6) is -0.148. The van der Waals surface area contributed by atoms with Gasteiger partial charge >= 0.3 is 5.51 Å². The Kier molecular flexibility index (Phi) is 6.83. The molecule has 1 aliphatic heterocycles. The Balaban J connectivity index is 1.47. The number of hydrogen-bond donors (Lipinski definition) is 0. The summed E-state index contributed by atoms with van der Waals surface area (Å²) < 4.78 is 37.8. The van der Waals surface area contributed by atoms with Gasteiger partial charge in [-0.1, -0.05) is 18.2 Å². The number of halogens is 3. The van der Waals surface area contributed by atoms with Crippen LogP contribution in [0.3, 0.4) is 0 Å². The van der Waals surface area contributed by atoms with Gasteiger partial charge in [0.1, 0.15) is 0 Å². The highest BCUT2D eigenvalue weighted by Crippen LogP contribution is 2.37. The Bertz CT molecular complexity index is 1180. The molecule has 2 aromatic carbocycles. The van der Waals surface area contributed by atoms with Crippen LogP contribution >= 0.6 is 11.8 Å². The van der Waals surface area contributed by atoms with E-state index < -0.39 is 5.51 Å². The van der Waals surface area contributed by atoms with E-state index in [1.165, 1.54) is 12.1 Å². The molecule has 4 rings (SSSR count). The highest BCUT2D eigenvalue weighted by Gasteiger charge is 2.29. The van der Waals surface area contributed by atoms with Crippen molar-refractivity contribution < 1.29 is 18.0 Å². The molecule has 0 atom stereocenters. The molecule has 5 nitrogen and oxygen atoms in total. The molecule has 1 amide bonds. The van der Waals surface area contributed by atoms with Crippen LogP contribution in [-0.2, 0) is 6.54 Å². The predicted molar refractivity (Wildman–Crippen MR) is 128 cm³/mol. The largest absolute Gasteiger partial charge is 0.446 e.